The van der Waals surface area contributed by atoms with Crippen LogP contribution in [0.5, 0.6) is 5.75 Å². The molecule has 184 valence electrons. The van der Waals surface area contributed by atoms with Gasteiger partial charge >= 0.3 is 0 Å². The van der Waals surface area contributed by atoms with Crippen LogP contribution in [0, 0.1) is 5.92 Å². The molecule has 2 aliphatic heterocycles. The molecule has 8 heteroatoms. The molecule has 0 bridgehead atoms. The van der Waals surface area contributed by atoms with Crippen molar-refractivity contribution in [1.82, 2.24) is 9.58 Å². The van der Waals surface area contributed by atoms with E-state index in [4.69, 9.17) is 0 Å². The molecule has 36 heavy (non-hydrogen) atoms. The van der Waals surface area contributed by atoms with Crippen molar-refractivity contribution in [3.8, 4) is 5.75 Å². The lowest BCUT2D eigenvalue weighted by molar-refractivity contribution is -0.101. The maximum atomic E-state index is 13.7. The van der Waals surface area contributed by atoms with Gasteiger partial charge in [0.1, 0.15) is 6.67 Å². The number of rotatable bonds is 3. The van der Waals surface area contributed by atoms with Gasteiger partial charge in [0.05, 0.1) is 11.6 Å². The molecule has 7 rings (SSSR count). The zero-order valence-electron chi connectivity index (χ0n) is 19.7. The molecule has 7 nitrogen and oxygen atoms in total. The van der Waals surface area contributed by atoms with Gasteiger partial charge in [-0.05, 0) is 54.4 Å². The van der Waals surface area contributed by atoms with E-state index in [1.165, 1.54) is 16.5 Å². The highest BCUT2D eigenvalue weighted by molar-refractivity contribution is 7.98. The summed E-state index contributed by atoms with van der Waals surface area (Å²) < 4.78 is 1.66. The molecule has 2 N–H and O–H groups in total. The fraction of sp³-hybridized carbons (Fsp3) is 0.357. The van der Waals surface area contributed by atoms with Crippen LogP contribution in [0.4, 0.5) is 0 Å². The first-order chi connectivity index (χ1) is 17.4. The van der Waals surface area contributed by atoms with Crippen LogP contribution >= 0.6 is 11.8 Å². The zero-order chi connectivity index (χ0) is 24.6. The van der Waals surface area contributed by atoms with E-state index in [1.807, 2.05) is 24.3 Å². The van der Waals surface area contributed by atoms with Crippen LogP contribution in [0.3, 0.4) is 0 Å². The molecule has 1 atom stereocenters. The standard InChI is InChI=1S/C28H27N3O4S/c32-22-11-12-30-25(26(22)33)27(34)29(19-13-28(35,14-19)18-9-10-18)16-31(30)24-20-6-2-1-5-17(20)15-36-23-8-4-3-7-21(23)24/h1-8,11-12,18-19,24,33,35H,9-10,13-16H2/t19?,24-,28?/m0/s1. The molecule has 2 aromatic carbocycles. The number of carbonyl (C=O) groups is 1. The van der Waals surface area contributed by atoms with E-state index in [1.54, 1.807) is 27.5 Å². The van der Waals surface area contributed by atoms with Crippen LogP contribution in [0.2, 0.25) is 0 Å². The first-order valence-electron chi connectivity index (χ1n) is 12.5. The Morgan fingerprint density at radius 1 is 0.944 bits per heavy atom. The van der Waals surface area contributed by atoms with E-state index < -0.39 is 16.8 Å². The van der Waals surface area contributed by atoms with Gasteiger partial charge in [0, 0.05) is 29.0 Å². The van der Waals surface area contributed by atoms with Gasteiger partial charge in [-0.2, -0.15) is 0 Å². The van der Waals surface area contributed by atoms with Gasteiger partial charge in [-0.25, -0.2) is 0 Å². The highest BCUT2D eigenvalue weighted by Crippen LogP contribution is 2.52. The number of thioether (sulfide) groups is 1. The second-order valence-electron chi connectivity index (χ2n) is 10.4. The minimum Gasteiger partial charge on any atom is -0.502 e. The molecule has 1 aromatic heterocycles. The van der Waals surface area contributed by atoms with Crippen LogP contribution in [-0.4, -0.2) is 44.0 Å². The molecule has 2 aliphatic carbocycles. The number of amides is 1. The lowest BCUT2D eigenvalue weighted by atomic mass is 9.71. The van der Waals surface area contributed by atoms with Gasteiger partial charge in [0.25, 0.3) is 5.91 Å². The predicted octanol–water partition coefficient (Wildman–Crippen LogP) is 3.60. The first-order valence-corrected chi connectivity index (χ1v) is 13.5. The Balaban J connectivity index is 1.38. The number of benzene rings is 2. The highest BCUT2D eigenvalue weighted by atomic mass is 32.2. The van der Waals surface area contributed by atoms with Crippen LogP contribution in [-0.2, 0) is 5.75 Å². The van der Waals surface area contributed by atoms with Gasteiger partial charge in [-0.1, -0.05) is 42.5 Å². The summed E-state index contributed by atoms with van der Waals surface area (Å²) >= 11 is 1.79. The molecular formula is C28H27N3O4S. The maximum absolute atomic E-state index is 13.7. The van der Waals surface area contributed by atoms with Crippen LogP contribution < -0.4 is 10.4 Å². The fourth-order valence-electron chi connectivity index (χ4n) is 6.19. The van der Waals surface area contributed by atoms with Crippen molar-refractivity contribution in [3.63, 3.8) is 0 Å². The summed E-state index contributed by atoms with van der Waals surface area (Å²) in [6.07, 6.45) is 4.73. The summed E-state index contributed by atoms with van der Waals surface area (Å²) in [6, 6.07) is 17.6. The van der Waals surface area contributed by atoms with Crippen molar-refractivity contribution < 1.29 is 15.0 Å². The SMILES string of the molecule is O=C1c2c(O)c(=O)ccn2N([C@H]2c3ccccc3CSc3ccccc32)CN1C1CC(O)(C2CC2)C1. The Bertz CT molecular complexity index is 1400. The summed E-state index contributed by atoms with van der Waals surface area (Å²) in [5.41, 5.74) is 2.18. The summed E-state index contributed by atoms with van der Waals surface area (Å²) in [5, 5.41) is 23.9. The van der Waals surface area contributed by atoms with Gasteiger partial charge in [0.2, 0.25) is 5.43 Å². The largest absolute Gasteiger partial charge is 0.502 e. The third kappa shape index (κ3) is 3.24. The number of aromatic nitrogens is 1. The lowest BCUT2D eigenvalue weighted by Crippen LogP contribution is -2.64. The average Bonchev–Trinajstić information content (AvgIpc) is 3.72. The van der Waals surface area contributed by atoms with E-state index >= 15 is 0 Å². The van der Waals surface area contributed by atoms with E-state index in [2.05, 4.69) is 29.3 Å². The Hall–Kier alpha value is -3.23. The van der Waals surface area contributed by atoms with Crippen molar-refractivity contribution >= 4 is 17.7 Å². The molecule has 3 heterocycles. The molecule has 0 unspecified atom stereocenters. The number of fused-ring (bicyclic) bond motifs is 3. The molecule has 0 radical (unpaired) electrons. The molecule has 0 saturated heterocycles. The van der Waals surface area contributed by atoms with Crippen molar-refractivity contribution in [2.75, 3.05) is 11.7 Å². The normalized spacial score (nSPS) is 27.0. The van der Waals surface area contributed by atoms with Crippen molar-refractivity contribution in [2.45, 2.75) is 54.0 Å². The van der Waals surface area contributed by atoms with Gasteiger partial charge in [0.15, 0.2) is 11.4 Å². The topological polar surface area (TPSA) is 86.0 Å². The number of carbonyl (C=O) groups excluding carboxylic acids is 1. The monoisotopic (exact) mass is 501 g/mol. The number of hydrogen-bond acceptors (Lipinski definition) is 6. The lowest BCUT2D eigenvalue weighted by Gasteiger charge is -2.53. The predicted molar refractivity (Wildman–Crippen MR) is 137 cm³/mol. The molecule has 4 aliphatic rings. The minimum absolute atomic E-state index is 0.0116. The van der Waals surface area contributed by atoms with Gasteiger partial charge in [-0.3, -0.25) is 19.3 Å². The Kier molecular flexibility index (Phi) is 4.82. The summed E-state index contributed by atoms with van der Waals surface area (Å²) in [5.74, 6) is 0.262. The average molecular weight is 502 g/mol. The Morgan fingerprint density at radius 3 is 2.44 bits per heavy atom. The van der Waals surface area contributed by atoms with E-state index in [0.717, 1.165) is 29.7 Å². The molecule has 2 saturated carbocycles. The smallest absolute Gasteiger partial charge is 0.278 e. The molecule has 3 aromatic rings. The van der Waals surface area contributed by atoms with Crippen molar-refractivity contribution in [1.29, 1.82) is 0 Å². The van der Waals surface area contributed by atoms with Crippen LogP contribution in [0.15, 0.2) is 70.5 Å². The molecule has 1 amide bonds. The molecule has 2 fully saturated rings. The quantitative estimate of drug-likeness (QED) is 0.571. The summed E-state index contributed by atoms with van der Waals surface area (Å²) in [7, 11) is 0. The van der Waals surface area contributed by atoms with Crippen LogP contribution in [0.25, 0.3) is 0 Å². The van der Waals surface area contributed by atoms with Crippen LogP contribution in [0.1, 0.15) is 58.9 Å². The Labute approximate surface area is 212 Å². The maximum Gasteiger partial charge on any atom is 0.278 e. The number of aromatic hydroxyl groups is 1. The van der Waals surface area contributed by atoms with Crippen molar-refractivity contribution in [2.24, 2.45) is 5.92 Å². The van der Waals surface area contributed by atoms with E-state index in [0.29, 0.717) is 18.8 Å². The second kappa shape index (κ2) is 7.88. The number of aliphatic hydroxyl groups is 1. The van der Waals surface area contributed by atoms with Crippen molar-refractivity contribution in [3.05, 3.63) is 93.4 Å². The third-order valence-electron chi connectivity index (χ3n) is 8.29. The molecule has 0 spiro atoms. The zero-order valence-corrected chi connectivity index (χ0v) is 20.5. The first kappa shape index (κ1) is 22.0. The summed E-state index contributed by atoms with van der Waals surface area (Å²) in [4.78, 5) is 29.0. The van der Waals surface area contributed by atoms with Gasteiger partial charge in [-0.15, -0.1) is 11.8 Å². The number of nitrogens with zero attached hydrogens (tertiary/aromatic N) is 3. The molecular weight excluding hydrogens is 474 g/mol. The van der Waals surface area contributed by atoms with E-state index in [-0.39, 0.29) is 30.4 Å². The third-order valence-corrected chi connectivity index (χ3v) is 9.43. The Morgan fingerprint density at radius 2 is 1.67 bits per heavy atom. The fourth-order valence-corrected chi connectivity index (χ4v) is 7.28. The summed E-state index contributed by atoms with van der Waals surface area (Å²) in [6.45, 7) is 0.289. The number of hydrogen-bond donors (Lipinski definition) is 2. The van der Waals surface area contributed by atoms with Gasteiger partial charge < -0.3 is 15.1 Å². The van der Waals surface area contributed by atoms with E-state index in [9.17, 15) is 19.8 Å². The minimum atomic E-state index is -0.705. The second-order valence-corrected chi connectivity index (χ2v) is 11.5. The highest BCUT2D eigenvalue weighted by Gasteiger charge is 2.56. The number of pyridine rings is 1.